The van der Waals surface area contributed by atoms with Crippen LogP contribution in [0.5, 0.6) is 0 Å². The number of amides is 3. The highest BCUT2D eigenvalue weighted by molar-refractivity contribution is 6.33. The SMILES string of the molecule is O=C(Nc1ccccc1Cl)N1C[C@H]2C[C@@]3(CCCNC3=O)[C@@H](C1)O2. The fraction of sp³-hybridized carbons (Fsp3) is 0.529. The smallest absolute Gasteiger partial charge is 0.322 e. The van der Waals surface area contributed by atoms with Gasteiger partial charge >= 0.3 is 6.03 Å². The summed E-state index contributed by atoms with van der Waals surface area (Å²) in [7, 11) is 0. The lowest BCUT2D eigenvalue weighted by Crippen LogP contribution is -2.54. The van der Waals surface area contributed by atoms with E-state index in [0.29, 0.717) is 30.2 Å². The van der Waals surface area contributed by atoms with Crippen molar-refractivity contribution in [2.75, 3.05) is 25.0 Å². The maximum absolute atomic E-state index is 12.6. The zero-order valence-electron chi connectivity index (χ0n) is 13.3. The Kier molecular flexibility index (Phi) is 3.89. The second-order valence-corrected chi connectivity index (χ2v) is 7.19. The van der Waals surface area contributed by atoms with Crippen molar-refractivity contribution in [2.45, 2.75) is 31.5 Å². The zero-order chi connectivity index (χ0) is 16.7. The molecule has 1 aromatic rings. The number of para-hydroxylation sites is 1. The van der Waals surface area contributed by atoms with Crippen molar-refractivity contribution in [1.29, 1.82) is 0 Å². The standard InChI is InChI=1S/C17H20ClN3O3/c18-12-4-1-2-5-13(12)20-16(23)21-9-11-8-17(14(10-21)24-11)6-3-7-19-15(17)22/h1-2,4-5,11,14H,3,6-10H2,(H,19,22)(H,20,23)/t11-,14-,17+/m1/s1. The topological polar surface area (TPSA) is 70.7 Å². The Balaban J connectivity index is 1.49. The Morgan fingerprint density at radius 1 is 1.38 bits per heavy atom. The minimum Gasteiger partial charge on any atom is -0.370 e. The second-order valence-electron chi connectivity index (χ2n) is 6.78. The van der Waals surface area contributed by atoms with Gasteiger partial charge in [0.1, 0.15) is 0 Å². The molecule has 3 saturated heterocycles. The molecule has 24 heavy (non-hydrogen) atoms. The van der Waals surface area contributed by atoms with Gasteiger partial charge in [-0.05, 0) is 31.4 Å². The van der Waals surface area contributed by atoms with Crippen LogP contribution in [0.25, 0.3) is 0 Å². The molecule has 0 radical (unpaired) electrons. The van der Waals surface area contributed by atoms with Gasteiger partial charge < -0.3 is 20.3 Å². The number of halogens is 1. The number of hydrogen-bond donors (Lipinski definition) is 2. The van der Waals surface area contributed by atoms with Gasteiger partial charge in [-0.3, -0.25) is 4.79 Å². The second kappa shape index (κ2) is 5.93. The molecule has 3 aliphatic rings. The van der Waals surface area contributed by atoms with Crippen molar-refractivity contribution in [2.24, 2.45) is 5.41 Å². The van der Waals surface area contributed by atoms with E-state index in [-0.39, 0.29) is 24.1 Å². The summed E-state index contributed by atoms with van der Waals surface area (Å²) >= 11 is 6.10. The van der Waals surface area contributed by atoms with E-state index >= 15 is 0 Å². The summed E-state index contributed by atoms with van der Waals surface area (Å²) in [6.07, 6.45) is 2.18. The van der Waals surface area contributed by atoms with E-state index in [0.717, 1.165) is 19.4 Å². The number of benzene rings is 1. The van der Waals surface area contributed by atoms with E-state index in [1.807, 2.05) is 12.1 Å². The number of hydrogen-bond acceptors (Lipinski definition) is 3. The number of fused-ring (bicyclic) bond motifs is 3. The molecule has 4 rings (SSSR count). The summed E-state index contributed by atoms with van der Waals surface area (Å²) in [6.45, 7) is 1.66. The molecule has 0 aromatic heterocycles. The first-order valence-corrected chi connectivity index (χ1v) is 8.70. The van der Waals surface area contributed by atoms with Gasteiger partial charge in [0.2, 0.25) is 5.91 Å². The van der Waals surface area contributed by atoms with Crippen LogP contribution < -0.4 is 10.6 Å². The van der Waals surface area contributed by atoms with Gasteiger partial charge in [0, 0.05) is 19.6 Å². The van der Waals surface area contributed by atoms with Crippen LogP contribution in [0.3, 0.4) is 0 Å². The molecule has 0 unspecified atom stereocenters. The summed E-state index contributed by atoms with van der Waals surface area (Å²) in [5.41, 5.74) is 0.121. The number of nitrogens with zero attached hydrogens (tertiary/aromatic N) is 1. The fourth-order valence-electron chi connectivity index (χ4n) is 4.11. The first-order chi connectivity index (χ1) is 11.6. The van der Waals surface area contributed by atoms with Crippen LogP contribution in [0, 0.1) is 5.41 Å². The summed E-state index contributed by atoms with van der Waals surface area (Å²) in [4.78, 5) is 26.8. The number of carbonyl (C=O) groups is 2. The molecule has 3 aliphatic heterocycles. The number of carbonyl (C=O) groups excluding carboxylic acids is 2. The lowest BCUT2D eigenvalue weighted by atomic mass is 9.73. The number of urea groups is 1. The number of nitrogens with one attached hydrogen (secondary N) is 2. The van der Waals surface area contributed by atoms with Gasteiger partial charge in [-0.15, -0.1) is 0 Å². The number of likely N-dealkylation sites (tertiary alicyclic amines) is 1. The molecular formula is C17H20ClN3O3. The Hall–Kier alpha value is -1.79. The lowest BCUT2D eigenvalue weighted by Gasteiger charge is -2.38. The average molecular weight is 350 g/mol. The Labute approximate surface area is 145 Å². The molecule has 7 heteroatoms. The summed E-state index contributed by atoms with van der Waals surface area (Å²) in [6, 6.07) is 6.95. The fourth-order valence-corrected chi connectivity index (χ4v) is 4.30. The van der Waals surface area contributed by atoms with Crippen molar-refractivity contribution in [3.63, 3.8) is 0 Å². The number of anilines is 1. The van der Waals surface area contributed by atoms with Crippen molar-refractivity contribution >= 4 is 29.2 Å². The van der Waals surface area contributed by atoms with Crippen LogP contribution in [0.15, 0.2) is 24.3 Å². The highest BCUT2D eigenvalue weighted by Gasteiger charge is 2.57. The first kappa shape index (κ1) is 15.7. The van der Waals surface area contributed by atoms with Crippen molar-refractivity contribution in [1.82, 2.24) is 10.2 Å². The van der Waals surface area contributed by atoms with Crippen LogP contribution in [0.1, 0.15) is 19.3 Å². The molecule has 128 valence electrons. The Morgan fingerprint density at radius 2 is 2.21 bits per heavy atom. The molecule has 3 atom stereocenters. The van der Waals surface area contributed by atoms with Gasteiger partial charge in [-0.1, -0.05) is 23.7 Å². The molecule has 2 bridgehead atoms. The van der Waals surface area contributed by atoms with E-state index < -0.39 is 5.41 Å². The van der Waals surface area contributed by atoms with E-state index in [2.05, 4.69) is 10.6 Å². The lowest BCUT2D eigenvalue weighted by molar-refractivity contribution is -0.139. The van der Waals surface area contributed by atoms with Gasteiger partial charge in [-0.25, -0.2) is 4.79 Å². The maximum atomic E-state index is 12.6. The van der Waals surface area contributed by atoms with Crippen LogP contribution >= 0.6 is 11.6 Å². The van der Waals surface area contributed by atoms with Crippen molar-refractivity contribution in [3.05, 3.63) is 29.3 Å². The normalized spacial score (nSPS) is 31.9. The largest absolute Gasteiger partial charge is 0.370 e. The number of piperidine rings is 1. The number of morpholine rings is 1. The average Bonchev–Trinajstić information content (AvgIpc) is 2.83. The minimum atomic E-state index is -0.470. The Bertz CT molecular complexity index is 683. The molecule has 2 N–H and O–H groups in total. The molecule has 1 aromatic carbocycles. The third kappa shape index (κ3) is 2.54. The summed E-state index contributed by atoms with van der Waals surface area (Å²) in [5.74, 6) is 0.0783. The van der Waals surface area contributed by atoms with Crippen LogP contribution in [0.4, 0.5) is 10.5 Å². The third-order valence-electron chi connectivity index (χ3n) is 5.32. The molecule has 1 spiro atoms. The summed E-state index contributed by atoms with van der Waals surface area (Å²) < 4.78 is 6.01. The third-order valence-corrected chi connectivity index (χ3v) is 5.64. The van der Waals surface area contributed by atoms with E-state index in [9.17, 15) is 9.59 Å². The number of rotatable bonds is 1. The quantitative estimate of drug-likeness (QED) is 0.817. The van der Waals surface area contributed by atoms with Crippen LogP contribution in [0.2, 0.25) is 5.02 Å². The van der Waals surface area contributed by atoms with Gasteiger partial charge in [0.25, 0.3) is 0 Å². The minimum absolute atomic E-state index is 0.0783. The first-order valence-electron chi connectivity index (χ1n) is 8.33. The molecule has 6 nitrogen and oxygen atoms in total. The highest BCUT2D eigenvalue weighted by Crippen LogP contribution is 2.46. The van der Waals surface area contributed by atoms with E-state index in [4.69, 9.17) is 16.3 Å². The maximum Gasteiger partial charge on any atom is 0.322 e. The monoisotopic (exact) mass is 349 g/mol. The highest BCUT2D eigenvalue weighted by atomic mass is 35.5. The van der Waals surface area contributed by atoms with E-state index in [1.54, 1.807) is 17.0 Å². The van der Waals surface area contributed by atoms with Crippen LogP contribution in [-0.2, 0) is 9.53 Å². The zero-order valence-corrected chi connectivity index (χ0v) is 14.0. The van der Waals surface area contributed by atoms with Gasteiger partial charge in [0.05, 0.1) is 28.3 Å². The summed E-state index contributed by atoms with van der Waals surface area (Å²) in [5, 5.41) is 6.32. The molecule has 3 amide bonds. The predicted molar refractivity (Wildman–Crippen MR) is 90.0 cm³/mol. The molecule has 3 heterocycles. The van der Waals surface area contributed by atoms with Crippen molar-refractivity contribution in [3.8, 4) is 0 Å². The molecule has 0 aliphatic carbocycles. The van der Waals surface area contributed by atoms with Gasteiger partial charge in [-0.2, -0.15) is 0 Å². The van der Waals surface area contributed by atoms with Crippen molar-refractivity contribution < 1.29 is 14.3 Å². The molecule has 3 fully saturated rings. The number of ether oxygens (including phenoxy) is 1. The van der Waals surface area contributed by atoms with Crippen LogP contribution in [-0.4, -0.2) is 48.7 Å². The molecular weight excluding hydrogens is 330 g/mol. The molecule has 0 saturated carbocycles. The Morgan fingerprint density at radius 3 is 3.00 bits per heavy atom. The van der Waals surface area contributed by atoms with E-state index in [1.165, 1.54) is 0 Å². The van der Waals surface area contributed by atoms with Gasteiger partial charge in [0.15, 0.2) is 0 Å². The predicted octanol–water partition coefficient (Wildman–Crippen LogP) is 2.24.